The Morgan fingerprint density at radius 3 is 2.23 bits per heavy atom. The van der Waals surface area contributed by atoms with E-state index in [0.717, 1.165) is 24.8 Å². The lowest BCUT2D eigenvalue weighted by molar-refractivity contribution is 0.0318. The molecule has 0 amide bonds. The molecule has 2 aromatic carbocycles. The number of Topliss-reactive ketones (excluding diaryl/α,β-unsaturated/α-hetero) is 1. The van der Waals surface area contributed by atoms with Crippen LogP contribution in [0, 0.1) is 13.8 Å². The highest BCUT2D eigenvalue weighted by molar-refractivity contribution is 7.89. The fraction of sp³-hybridized carbons (Fsp3) is 0.391. The number of benzene rings is 2. The van der Waals surface area contributed by atoms with Gasteiger partial charge < -0.3 is 4.74 Å². The number of esters is 1. The summed E-state index contributed by atoms with van der Waals surface area (Å²) >= 11 is 0. The van der Waals surface area contributed by atoms with Crippen molar-refractivity contribution in [3.63, 3.8) is 0 Å². The number of carbonyl (C=O) groups is 2. The Balaban J connectivity index is 1.79. The van der Waals surface area contributed by atoms with Gasteiger partial charge in [-0.05, 0) is 51.3 Å². The average molecular weight is 430 g/mol. The van der Waals surface area contributed by atoms with Gasteiger partial charge in [0.05, 0.1) is 10.5 Å². The third kappa shape index (κ3) is 4.79. The lowest BCUT2D eigenvalue weighted by Gasteiger charge is -2.26. The molecule has 7 heteroatoms. The fourth-order valence-corrected chi connectivity index (χ4v) is 5.01. The zero-order valence-corrected chi connectivity index (χ0v) is 18.4. The molecule has 1 aliphatic rings. The van der Waals surface area contributed by atoms with Crippen LogP contribution in [0.5, 0.6) is 0 Å². The number of ether oxygens (including phenoxy) is 1. The first-order valence-electron chi connectivity index (χ1n) is 10.1. The Morgan fingerprint density at radius 1 is 0.967 bits per heavy atom. The fourth-order valence-electron chi connectivity index (χ4n) is 3.47. The van der Waals surface area contributed by atoms with Gasteiger partial charge in [0.25, 0.3) is 0 Å². The van der Waals surface area contributed by atoms with Gasteiger partial charge in [0.15, 0.2) is 6.10 Å². The molecule has 0 radical (unpaired) electrons. The van der Waals surface area contributed by atoms with Crippen LogP contribution in [0.1, 0.15) is 58.0 Å². The second-order valence-electron chi connectivity index (χ2n) is 7.72. The highest BCUT2D eigenvalue weighted by atomic mass is 32.2. The van der Waals surface area contributed by atoms with E-state index >= 15 is 0 Å². The molecule has 1 heterocycles. The van der Waals surface area contributed by atoms with E-state index in [-0.39, 0.29) is 16.2 Å². The Kier molecular flexibility index (Phi) is 6.73. The van der Waals surface area contributed by atoms with E-state index in [1.165, 1.54) is 23.4 Å². The molecule has 1 aliphatic heterocycles. The summed E-state index contributed by atoms with van der Waals surface area (Å²) in [6.45, 7) is 6.12. The smallest absolute Gasteiger partial charge is 0.339 e. The number of hydrogen-bond acceptors (Lipinski definition) is 5. The molecular formula is C23H27NO5S. The Labute approximate surface area is 177 Å². The molecule has 2 aromatic rings. The lowest BCUT2D eigenvalue weighted by Crippen LogP contribution is -2.35. The van der Waals surface area contributed by atoms with Crippen molar-refractivity contribution in [3.8, 4) is 0 Å². The topological polar surface area (TPSA) is 80.8 Å². The largest absolute Gasteiger partial charge is 0.451 e. The van der Waals surface area contributed by atoms with Gasteiger partial charge >= 0.3 is 5.97 Å². The molecule has 1 atom stereocenters. The quantitative estimate of drug-likeness (QED) is 0.514. The molecule has 1 fully saturated rings. The molecule has 6 nitrogen and oxygen atoms in total. The standard InChI is InChI=1S/C23H27NO5S/c1-16-7-10-19(11-8-16)22(25)18(3)29-23(26)21-15-20(12-9-17(21)2)30(27,28)24-13-5-4-6-14-24/h7-12,15,18H,4-6,13-14H2,1-3H3/t18-/m0/s1. The number of aryl methyl sites for hydroxylation is 2. The van der Waals surface area contributed by atoms with Crippen LogP contribution in [0.2, 0.25) is 0 Å². The molecule has 0 aromatic heterocycles. The molecule has 160 valence electrons. The van der Waals surface area contributed by atoms with Crippen LogP contribution in [0.4, 0.5) is 0 Å². The molecule has 1 saturated heterocycles. The molecule has 0 saturated carbocycles. The SMILES string of the molecule is Cc1ccc(C(=O)[C@H](C)OC(=O)c2cc(S(=O)(=O)N3CCCCC3)ccc2C)cc1. The van der Waals surface area contributed by atoms with Gasteiger partial charge in [-0.25, -0.2) is 13.2 Å². The highest BCUT2D eigenvalue weighted by Crippen LogP contribution is 2.23. The van der Waals surface area contributed by atoms with Crippen molar-refractivity contribution < 1.29 is 22.7 Å². The number of nitrogens with zero attached hydrogens (tertiary/aromatic N) is 1. The molecule has 0 N–H and O–H groups in total. The van der Waals surface area contributed by atoms with Crippen LogP contribution in [0.25, 0.3) is 0 Å². The maximum absolute atomic E-state index is 12.9. The molecular weight excluding hydrogens is 402 g/mol. The van der Waals surface area contributed by atoms with Crippen molar-refractivity contribution >= 4 is 21.8 Å². The van der Waals surface area contributed by atoms with Crippen LogP contribution in [0.3, 0.4) is 0 Å². The summed E-state index contributed by atoms with van der Waals surface area (Å²) in [4.78, 5) is 25.4. The number of carbonyl (C=O) groups excluding carboxylic acids is 2. The molecule has 0 unspecified atom stereocenters. The predicted octanol–water partition coefficient (Wildman–Crippen LogP) is 3.91. The van der Waals surface area contributed by atoms with E-state index in [0.29, 0.717) is 24.2 Å². The summed E-state index contributed by atoms with van der Waals surface area (Å²) in [5.41, 5.74) is 2.22. The van der Waals surface area contributed by atoms with Crippen LogP contribution >= 0.6 is 0 Å². The van der Waals surface area contributed by atoms with Crippen LogP contribution in [-0.4, -0.2) is 43.7 Å². The first-order chi connectivity index (χ1) is 14.2. The van der Waals surface area contributed by atoms with Gasteiger partial charge in [-0.3, -0.25) is 4.79 Å². The van der Waals surface area contributed by atoms with Crippen LogP contribution in [-0.2, 0) is 14.8 Å². The van der Waals surface area contributed by atoms with Crippen molar-refractivity contribution in [2.75, 3.05) is 13.1 Å². The van der Waals surface area contributed by atoms with Gasteiger partial charge in [0.2, 0.25) is 15.8 Å². The minimum absolute atomic E-state index is 0.0689. The maximum Gasteiger partial charge on any atom is 0.339 e. The van der Waals surface area contributed by atoms with E-state index in [1.807, 2.05) is 19.1 Å². The zero-order valence-electron chi connectivity index (χ0n) is 17.6. The van der Waals surface area contributed by atoms with Gasteiger partial charge in [-0.15, -0.1) is 0 Å². The van der Waals surface area contributed by atoms with E-state index in [4.69, 9.17) is 4.74 Å². The molecule has 3 rings (SSSR count). The minimum atomic E-state index is -3.67. The van der Waals surface area contributed by atoms with Gasteiger partial charge in [-0.2, -0.15) is 4.31 Å². The number of ketones is 1. The molecule has 0 aliphatic carbocycles. The summed E-state index contributed by atoms with van der Waals surface area (Å²) in [7, 11) is -3.67. The van der Waals surface area contributed by atoms with Crippen molar-refractivity contribution in [3.05, 3.63) is 64.7 Å². The van der Waals surface area contributed by atoms with Crippen molar-refractivity contribution in [1.82, 2.24) is 4.31 Å². The maximum atomic E-state index is 12.9. The van der Waals surface area contributed by atoms with Gasteiger partial charge in [-0.1, -0.05) is 42.3 Å². The summed E-state index contributed by atoms with van der Waals surface area (Å²) in [5.74, 6) is -1.02. The van der Waals surface area contributed by atoms with Gasteiger partial charge in [0.1, 0.15) is 0 Å². The third-order valence-corrected chi connectivity index (χ3v) is 7.27. The minimum Gasteiger partial charge on any atom is -0.451 e. The molecule has 30 heavy (non-hydrogen) atoms. The summed E-state index contributed by atoms with van der Waals surface area (Å²) in [6.07, 6.45) is 1.70. The highest BCUT2D eigenvalue weighted by Gasteiger charge is 2.28. The van der Waals surface area contributed by atoms with Crippen molar-refractivity contribution in [2.24, 2.45) is 0 Å². The second-order valence-corrected chi connectivity index (χ2v) is 9.66. The van der Waals surface area contributed by atoms with Crippen molar-refractivity contribution in [1.29, 1.82) is 0 Å². The third-order valence-electron chi connectivity index (χ3n) is 5.37. The van der Waals surface area contributed by atoms with Crippen LogP contribution in [0.15, 0.2) is 47.4 Å². The number of piperidine rings is 1. The number of hydrogen-bond donors (Lipinski definition) is 0. The first-order valence-corrected chi connectivity index (χ1v) is 11.6. The van der Waals surface area contributed by atoms with Crippen molar-refractivity contribution in [2.45, 2.75) is 51.0 Å². The Bertz CT molecular complexity index is 1040. The lowest BCUT2D eigenvalue weighted by atomic mass is 10.1. The number of sulfonamides is 1. The monoisotopic (exact) mass is 429 g/mol. The first kappa shape index (κ1) is 22.2. The average Bonchev–Trinajstić information content (AvgIpc) is 2.74. The van der Waals surface area contributed by atoms with E-state index in [9.17, 15) is 18.0 Å². The molecule has 0 spiro atoms. The zero-order chi connectivity index (χ0) is 21.9. The Hall–Kier alpha value is -2.51. The summed E-state index contributed by atoms with van der Waals surface area (Å²) < 4.78 is 32.7. The Morgan fingerprint density at radius 2 is 1.60 bits per heavy atom. The molecule has 0 bridgehead atoms. The summed E-state index contributed by atoms with van der Waals surface area (Å²) in [6, 6.07) is 11.5. The van der Waals surface area contributed by atoms with E-state index < -0.39 is 22.1 Å². The van der Waals surface area contributed by atoms with E-state index in [2.05, 4.69) is 0 Å². The number of rotatable bonds is 6. The van der Waals surface area contributed by atoms with E-state index in [1.54, 1.807) is 25.1 Å². The normalized spacial score (nSPS) is 16.1. The second kappa shape index (κ2) is 9.10. The van der Waals surface area contributed by atoms with Gasteiger partial charge in [0, 0.05) is 18.7 Å². The predicted molar refractivity (Wildman–Crippen MR) is 114 cm³/mol. The summed E-state index contributed by atoms with van der Waals surface area (Å²) in [5, 5.41) is 0. The van der Waals surface area contributed by atoms with Crippen LogP contribution < -0.4 is 0 Å².